The highest BCUT2D eigenvalue weighted by Gasteiger charge is 2.19. The predicted molar refractivity (Wildman–Crippen MR) is 78.6 cm³/mol. The largest absolute Gasteiger partial charge is 0.444 e. The van der Waals surface area contributed by atoms with Gasteiger partial charge in [-0.25, -0.2) is 4.79 Å². The molecular weight excluding hydrogens is 273 g/mol. The van der Waals surface area contributed by atoms with Gasteiger partial charge in [0.05, 0.1) is 10.9 Å². The lowest BCUT2D eigenvalue weighted by molar-refractivity contribution is 0.0508. The van der Waals surface area contributed by atoms with Crippen LogP contribution in [0.2, 0.25) is 0 Å². The fourth-order valence-corrected chi connectivity index (χ4v) is 2.16. The molecular formula is C15H20FN3O2. The zero-order valence-electron chi connectivity index (χ0n) is 12.7. The van der Waals surface area contributed by atoms with Crippen molar-refractivity contribution in [3.8, 4) is 0 Å². The molecule has 0 aliphatic rings. The van der Waals surface area contributed by atoms with Crippen LogP contribution in [0, 0.1) is 5.95 Å². The molecule has 21 heavy (non-hydrogen) atoms. The molecule has 1 aromatic heterocycles. The van der Waals surface area contributed by atoms with Crippen molar-refractivity contribution in [1.29, 1.82) is 0 Å². The fourth-order valence-electron chi connectivity index (χ4n) is 2.16. The Morgan fingerprint density at radius 3 is 2.86 bits per heavy atom. The Morgan fingerprint density at radius 2 is 2.19 bits per heavy atom. The van der Waals surface area contributed by atoms with Crippen LogP contribution in [0.5, 0.6) is 0 Å². The number of hydrogen-bond acceptors (Lipinski definition) is 3. The van der Waals surface area contributed by atoms with E-state index in [9.17, 15) is 9.18 Å². The van der Waals surface area contributed by atoms with Gasteiger partial charge >= 0.3 is 6.09 Å². The molecule has 2 rings (SSSR count). The highest BCUT2D eigenvalue weighted by atomic mass is 19.1. The van der Waals surface area contributed by atoms with Crippen LogP contribution in [0.25, 0.3) is 10.9 Å². The van der Waals surface area contributed by atoms with Crippen LogP contribution in [0.3, 0.4) is 0 Å². The maximum Gasteiger partial charge on any atom is 0.407 e. The lowest BCUT2D eigenvalue weighted by Crippen LogP contribution is -2.38. The van der Waals surface area contributed by atoms with Gasteiger partial charge in [0.15, 0.2) is 0 Å². The van der Waals surface area contributed by atoms with E-state index in [1.165, 1.54) is 0 Å². The molecule has 0 aliphatic heterocycles. The summed E-state index contributed by atoms with van der Waals surface area (Å²) in [4.78, 5) is 11.7. The molecule has 2 N–H and O–H groups in total. The number of aromatic amines is 1. The highest BCUT2D eigenvalue weighted by molar-refractivity contribution is 5.82. The summed E-state index contributed by atoms with van der Waals surface area (Å²) in [5, 5.41) is 9.42. The van der Waals surface area contributed by atoms with Crippen molar-refractivity contribution in [2.24, 2.45) is 0 Å². The second-order valence-electron chi connectivity index (χ2n) is 6.11. The number of hydrogen-bond donors (Lipinski definition) is 2. The van der Waals surface area contributed by atoms with Gasteiger partial charge in [0.1, 0.15) is 5.60 Å². The van der Waals surface area contributed by atoms with E-state index < -0.39 is 17.6 Å². The predicted octanol–water partition coefficient (Wildman–Crippen LogP) is 3.16. The molecule has 0 bridgehead atoms. The van der Waals surface area contributed by atoms with Gasteiger partial charge in [-0.05, 0) is 45.7 Å². The number of carbonyl (C=O) groups is 1. The van der Waals surface area contributed by atoms with Gasteiger partial charge < -0.3 is 10.1 Å². The SMILES string of the molecule is C[C@H](Cc1cccc2[nH]nc(F)c12)NC(=O)OC(C)(C)C. The minimum Gasteiger partial charge on any atom is -0.444 e. The van der Waals surface area contributed by atoms with E-state index >= 15 is 0 Å². The van der Waals surface area contributed by atoms with Gasteiger partial charge in [-0.3, -0.25) is 5.10 Å². The van der Waals surface area contributed by atoms with Gasteiger partial charge in [0.25, 0.3) is 0 Å². The Balaban J connectivity index is 2.06. The number of fused-ring (bicyclic) bond motifs is 1. The molecule has 6 heteroatoms. The van der Waals surface area contributed by atoms with Gasteiger partial charge in [0.2, 0.25) is 5.95 Å². The third kappa shape index (κ3) is 3.93. The molecule has 5 nitrogen and oxygen atoms in total. The van der Waals surface area contributed by atoms with Crippen LogP contribution in [0.15, 0.2) is 18.2 Å². The van der Waals surface area contributed by atoms with Gasteiger partial charge in [0, 0.05) is 6.04 Å². The minimum atomic E-state index is -0.541. The molecule has 0 aliphatic carbocycles. The van der Waals surface area contributed by atoms with E-state index in [0.717, 1.165) is 5.56 Å². The topological polar surface area (TPSA) is 67.0 Å². The zero-order valence-corrected chi connectivity index (χ0v) is 12.7. The van der Waals surface area contributed by atoms with Crippen LogP contribution >= 0.6 is 0 Å². The van der Waals surface area contributed by atoms with Gasteiger partial charge in [-0.2, -0.15) is 4.39 Å². The molecule has 0 saturated heterocycles. The van der Waals surface area contributed by atoms with Crippen molar-refractivity contribution in [3.63, 3.8) is 0 Å². The summed E-state index contributed by atoms with van der Waals surface area (Å²) < 4.78 is 18.9. The van der Waals surface area contributed by atoms with E-state index in [2.05, 4.69) is 15.5 Å². The fraction of sp³-hybridized carbons (Fsp3) is 0.467. The molecule has 0 radical (unpaired) electrons. The summed E-state index contributed by atoms with van der Waals surface area (Å²) in [7, 11) is 0. The lowest BCUT2D eigenvalue weighted by Gasteiger charge is -2.22. The molecule has 0 unspecified atom stereocenters. The normalized spacial score (nSPS) is 13.2. The maximum atomic E-state index is 13.7. The summed E-state index contributed by atoms with van der Waals surface area (Å²) in [6, 6.07) is 5.24. The summed E-state index contributed by atoms with van der Waals surface area (Å²) in [5.74, 6) is -0.523. The van der Waals surface area contributed by atoms with Crippen LogP contribution in [0.4, 0.5) is 9.18 Å². The number of aromatic nitrogens is 2. The monoisotopic (exact) mass is 293 g/mol. The third-order valence-electron chi connectivity index (χ3n) is 2.92. The molecule has 114 valence electrons. The number of ether oxygens (including phenoxy) is 1. The van der Waals surface area contributed by atoms with Gasteiger partial charge in [-0.15, -0.1) is 5.10 Å². The number of nitrogens with one attached hydrogen (secondary N) is 2. The zero-order chi connectivity index (χ0) is 15.6. The second kappa shape index (κ2) is 5.71. The molecule has 1 aromatic carbocycles. The Bertz CT molecular complexity index is 646. The van der Waals surface area contributed by atoms with Crippen LogP contribution in [0.1, 0.15) is 33.3 Å². The van der Waals surface area contributed by atoms with Crippen molar-refractivity contribution < 1.29 is 13.9 Å². The molecule has 0 fully saturated rings. The van der Waals surface area contributed by atoms with E-state index in [0.29, 0.717) is 17.3 Å². The number of benzene rings is 1. The molecule has 1 atom stereocenters. The Hall–Kier alpha value is -2.11. The van der Waals surface area contributed by atoms with Crippen molar-refractivity contribution in [2.45, 2.75) is 45.8 Å². The quantitative estimate of drug-likeness (QED) is 0.913. The first-order valence-corrected chi connectivity index (χ1v) is 6.87. The molecule has 0 saturated carbocycles. The second-order valence-corrected chi connectivity index (χ2v) is 6.11. The number of halogens is 1. The summed E-state index contributed by atoms with van der Waals surface area (Å²) in [5.41, 5.74) is 0.900. The number of rotatable bonds is 3. The van der Waals surface area contributed by atoms with Crippen LogP contribution in [-0.2, 0) is 11.2 Å². The summed E-state index contributed by atoms with van der Waals surface area (Å²) in [6.07, 6.45) is 0.0161. The van der Waals surface area contributed by atoms with Crippen molar-refractivity contribution in [1.82, 2.24) is 15.5 Å². The van der Waals surface area contributed by atoms with Crippen molar-refractivity contribution in [3.05, 3.63) is 29.7 Å². The molecule has 1 amide bonds. The smallest absolute Gasteiger partial charge is 0.407 e. The van der Waals surface area contributed by atoms with E-state index in [4.69, 9.17) is 4.74 Å². The first-order chi connectivity index (χ1) is 9.76. The average Bonchev–Trinajstić information content (AvgIpc) is 2.69. The summed E-state index contributed by atoms with van der Waals surface area (Å²) in [6.45, 7) is 7.26. The molecule has 0 spiro atoms. The maximum absolute atomic E-state index is 13.7. The van der Waals surface area contributed by atoms with Crippen molar-refractivity contribution in [2.75, 3.05) is 0 Å². The number of H-pyrrole nitrogens is 1. The third-order valence-corrected chi connectivity index (χ3v) is 2.92. The minimum absolute atomic E-state index is 0.181. The summed E-state index contributed by atoms with van der Waals surface area (Å²) >= 11 is 0. The Morgan fingerprint density at radius 1 is 1.48 bits per heavy atom. The first kappa shape index (κ1) is 15.3. The Labute approximate surface area is 122 Å². The lowest BCUT2D eigenvalue weighted by atomic mass is 10.0. The Kier molecular flexibility index (Phi) is 4.16. The number of amides is 1. The number of alkyl carbamates (subject to hydrolysis) is 1. The standard InChI is InChI=1S/C15H20FN3O2/c1-9(17-14(20)21-15(2,3)4)8-10-6-5-7-11-12(10)13(16)19-18-11/h5-7,9H,8H2,1-4H3,(H,17,20)(H,18,19)/t9-/m1/s1. The van der Waals surface area contributed by atoms with E-state index in [1.54, 1.807) is 26.8 Å². The van der Waals surface area contributed by atoms with Gasteiger partial charge in [-0.1, -0.05) is 12.1 Å². The first-order valence-electron chi connectivity index (χ1n) is 6.87. The van der Waals surface area contributed by atoms with Crippen LogP contribution < -0.4 is 5.32 Å². The molecule has 1 heterocycles. The van der Waals surface area contributed by atoms with Crippen molar-refractivity contribution >= 4 is 17.0 Å². The number of carbonyl (C=O) groups excluding carboxylic acids is 1. The van der Waals surface area contributed by atoms with E-state index in [1.807, 2.05) is 19.1 Å². The average molecular weight is 293 g/mol. The van der Waals surface area contributed by atoms with Crippen LogP contribution in [-0.4, -0.2) is 27.9 Å². The number of nitrogens with zero attached hydrogens (tertiary/aromatic N) is 1. The molecule has 2 aromatic rings. The highest BCUT2D eigenvalue weighted by Crippen LogP contribution is 2.21. The van der Waals surface area contributed by atoms with E-state index in [-0.39, 0.29) is 6.04 Å².